The van der Waals surface area contributed by atoms with E-state index in [0.29, 0.717) is 0 Å². The zero-order chi connectivity index (χ0) is 14.8. The van der Waals surface area contributed by atoms with Crippen LogP contribution in [0.5, 0.6) is 0 Å². The number of hydrogen-bond donors (Lipinski definition) is 0. The van der Waals surface area contributed by atoms with Gasteiger partial charge in [-0.2, -0.15) is 0 Å². The minimum absolute atomic E-state index is 0.0198. The summed E-state index contributed by atoms with van der Waals surface area (Å²) in [4.78, 5) is 26.6. The fourth-order valence-corrected chi connectivity index (χ4v) is 3.68. The van der Waals surface area contributed by atoms with Crippen molar-refractivity contribution in [3.05, 3.63) is 42.0 Å². The molecule has 0 saturated carbocycles. The Morgan fingerprint density at radius 1 is 1.29 bits per heavy atom. The third-order valence-corrected chi connectivity index (χ3v) is 4.59. The first-order chi connectivity index (χ1) is 10.1. The number of fused-ring (bicyclic) bond motifs is 3. The van der Waals surface area contributed by atoms with Crippen molar-refractivity contribution in [2.45, 2.75) is 30.8 Å². The maximum absolute atomic E-state index is 12.6. The second-order valence-corrected chi connectivity index (χ2v) is 5.61. The molecule has 21 heavy (non-hydrogen) atoms. The molecule has 1 aromatic carbocycles. The Kier molecular flexibility index (Phi) is 2.44. The number of nitrogens with zero attached hydrogens (tertiary/aromatic N) is 1. The van der Waals surface area contributed by atoms with Gasteiger partial charge >= 0.3 is 0 Å². The lowest BCUT2D eigenvalue weighted by Gasteiger charge is -2.48. The van der Waals surface area contributed by atoms with Crippen LogP contribution in [0.2, 0.25) is 0 Å². The predicted octanol–water partition coefficient (Wildman–Crippen LogP) is 1.39. The fourth-order valence-electron chi connectivity index (χ4n) is 3.68. The Morgan fingerprint density at radius 2 is 2.05 bits per heavy atom. The summed E-state index contributed by atoms with van der Waals surface area (Å²) >= 11 is 0. The van der Waals surface area contributed by atoms with Crippen LogP contribution < -0.4 is 4.90 Å². The smallest absolute Gasteiger partial charge is 0.256 e. The molecule has 4 rings (SSSR count). The normalized spacial score (nSPS) is 36.7. The molecule has 0 N–H and O–H groups in total. The van der Waals surface area contributed by atoms with Gasteiger partial charge < -0.3 is 9.47 Å². The molecule has 4 atom stereocenters. The van der Waals surface area contributed by atoms with Crippen molar-refractivity contribution >= 4 is 17.4 Å². The summed E-state index contributed by atoms with van der Waals surface area (Å²) < 4.78 is 11.5. The van der Waals surface area contributed by atoms with Crippen LogP contribution in [-0.4, -0.2) is 36.7 Å². The SMILES string of the molecule is CO[C@@]12C=CC(=O)[C@H]3c4ccccc4N(C(=O)[C@@H](C)O1)[C@H]32. The van der Waals surface area contributed by atoms with E-state index in [-0.39, 0.29) is 11.7 Å². The summed E-state index contributed by atoms with van der Waals surface area (Å²) in [5.74, 6) is -1.65. The van der Waals surface area contributed by atoms with E-state index in [9.17, 15) is 9.59 Å². The van der Waals surface area contributed by atoms with Gasteiger partial charge in [-0.25, -0.2) is 0 Å². The van der Waals surface area contributed by atoms with E-state index in [1.807, 2.05) is 24.3 Å². The van der Waals surface area contributed by atoms with E-state index >= 15 is 0 Å². The summed E-state index contributed by atoms with van der Waals surface area (Å²) in [6.45, 7) is 1.71. The second-order valence-electron chi connectivity index (χ2n) is 5.61. The second kappa shape index (κ2) is 4.02. The summed E-state index contributed by atoms with van der Waals surface area (Å²) in [7, 11) is 1.54. The third-order valence-electron chi connectivity index (χ3n) is 4.59. The number of hydrogen-bond acceptors (Lipinski definition) is 4. The average molecular weight is 285 g/mol. The Hall–Kier alpha value is -1.98. The minimum atomic E-state index is -1.06. The number of methoxy groups -OCH3 is 1. The van der Waals surface area contributed by atoms with Crippen LogP contribution in [0.4, 0.5) is 5.69 Å². The van der Waals surface area contributed by atoms with Gasteiger partial charge in [-0.1, -0.05) is 18.2 Å². The van der Waals surface area contributed by atoms with Gasteiger partial charge in [0.05, 0.1) is 5.92 Å². The van der Waals surface area contributed by atoms with Crippen molar-refractivity contribution in [3.8, 4) is 0 Å². The van der Waals surface area contributed by atoms with Crippen LogP contribution in [0.3, 0.4) is 0 Å². The van der Waals surface area contributed by atoms with E-state index in [0.717, 1.165) is 11.3 Å². The van der Waals surface area contributed by atoms with Gasteiger partial charge in [-0.3, -0.25) is 14.5 Å². The number of carbonyl (C=O) groups excluding carboxylic acids is 2. The summed E-state index contributed by atoms with van der Waals surface area (Å²) in [6, 6.07) is 7.05. The highest BCUT2D eigenvalue weighted by atomic mass is 16.7. The zero-order valence-corrected chi connectivity index (χ0v) is 11.8. The van der Waals surface area contributed by atoms with Gasteiger partial charge in [0.2, 0.25) is 5.79 Å². The van der Waals surface area contributed by atoms with E-state index < -0.39 is 23.9 Å². The van der Waals surface area contributed by atoms with Gasteiger partial charge in [0.1, 0.15) is 12.1 Å². The van der Waals surface area contributed by atoms with Crippen LogP contribution in [0.1, 0.15) is 18.4 Å². The highest BCUT2D eigenvalue weighted by Gasteiger charge is 2.61. The lowest BCUT2D eigenvalue weighted by Crippen LogP contribution is -2.66. The average Bonchev–Trinajstić information content (AvgIpc) is 2.85. The number of allylic oxidation sites excluding steroid dienone is 1. The third kappa shape index (κ3) is 1.42. The monoisotopic (exact) mass is 285 g/mol. The first kappa shape index (κ1) is 12.7. The molecule has 5 nitrogen and oxygen atoms in total. The van der Waals surface area contributed by atoms with E-state index in [2.05, 4.69) is 0 Å². The number of ether oxygens (including phenoxy) is 2. The number of carbonyl (C=O) groups is 2. The number of benzene rings is 1. The molecule has 1 saturated heterocycles. The number of ketones is 1. The van der Waals surface area contributed by atoms with Crippen molar-refractivity contribution in [1.82, 2.24) is 0 Å². The first-order valence-corrected chi connectivity index (χ1v) is 6.97. The number of amides is 1. The van der Waals surface area contributed by atoms with E-state index in [1.165, 1.54) is 6.08 Å². The lowest BCUT2D eigenvalue weighted by molar-refractivity contribution is -0.237. The quantitative estimate of drug-likeness (QED) is 0.782. The van der Waals surface area contributed by atoms with E-state index in [4.69, 9.17) is 9.47 Å². The molecule has 0 spiro atoms. The molecule has 0 aromatic heterocycles. The maximum Gasteiger partial charge on any atom is 0.256 e. The molecule has 0 unspecified atom stereocenters. The van der Waals surface area contributed by atoms with Crippen molar-refractivity contribution in [3.63, 3.8) is 0 Å². The molecule has 1 aliphatic carbocycles. The van der Waals surface area contributed by atoms with Crippen LogP contribution in [0.25, 0.3) is 0 Å². The molecule has 0 bridgehead atoms. The van der Waals surface area contributed by atoms with Gasteiger partial charge in [-0.15, -0.1) is 0 Å². The standard InChI is InChI=1S/C16H15NO4/c1-9-15(19)17-11-6-4-3-5-10(11)13-12(18)7-8-16(20-2,21-9)14(13)17/h3-9,13-14H,1-2H3/t9-,13-,14-,16+/m1/s1. The molecule has 108 valence electrons. The Bertz CT molecular complexity index is 683. The summed E-state index contributed by atoms with van der Waals surface area (Å²) in [5.41, 5.74) is 1.65. The number of anilines is 1. The molecule has 5 heteroatoms. The molecule has 2 heterocycles. The van der Waals surface area contributed by atoms with Crippen molar-refractivity contribution < 1.29 is 19.1 Å². The first-order valence-electron chi connectivity index (χ1n) is 6.97. The largest absolute Gasteiger partial charge is 0.348 e. The molecular formula is C16H15NO4. The predicted molar refractivity (Wildman–Crippen MR) is 74.9 cm³/mol. The molecular weight excluding hydrogens is 270 g/mol. The number of rotatable bonds is 1. The van der Waals surface area contributed by atoms with Gasteiger partial charge in [0.15, 0.2) is 5.78 Å². The molecule has 1 aromatic rings. The highest BCUT2D eigenvalue weighted by Crippen LogP contribution is 2.51. The Morgan fingerprint density at radius 3 is 2.81 bits per heavy atom. The maximum atomic E-state index is 12.6. The van der Waals surface area contributed by atoms with Crippen molar-refractivity contribution in [1.29, 1.82) is 0 Å². The molecule has 1 fully saturated rings. The van der Waals surface area contributed by atoms with Gasteiger partial charge in [-0.05, 0) is 30.7 Å². The zero-order valence-electron chi connectivity index (χ0n) is 11.8. The summed E-state index contributed by atoms with van der Waals surface area (Å²) in [6.07, 6.45) is 2.53. The van der Waals surface area contributed by atoms with Crippen LogP contribution in [0.15, 0.2) is 36.4 Å². The minimum Gasteiger partial charge on any atom is -0.348 e. The highest BCUT2D eigenvalue weighted by molar-refractivity contribution is 6.08. The molecule has 0 radical (unpaired) electrons. The molecule has 1 amide bonds. The van der Waals surface area contributed by atoms with Crippen molar-refractivity contribution in [2.24, 2.45) is 0 Å². The fraction of sp³-hybridized carbons (Fsp3) is 0.375. The molecule has 3 aliphatic rings. The van der Waals surface area contributed by atoms with E-state index in [1.54, 1.807) is 25.0 Å². The van der Waals surface area contributed by atoms with Crippen molar-refractivity contribution in [2.75, 3.05) is 12.0 Å². The van der Waals surface area contributed by atoms with Crippen LogP contribution in [-0.2, 0) is 19.1 Å². The summed E-state index contributed by atoms with van der Waals surface area (Å²) in [5, 5.41) is 0. The Balaban J connectivity index is 1.99. The molecule has 2 aliphatic heterocycles. The Labute approximate surface area is 122 Å². The van der Waals surface area contributed by atoms with Gasteiger partial charge in [0.25, 0.3) is 5.91 Å². The van der Waals surface area contributed by atoms with Gasteiger partial charge in [0, 0.05) is 12.8 Å². The lowest BCUT2D eigenvalue weighted by atomic mass is 9.80. The number of morpholine rings is 1. The topological polar surface area (TPSA) is 55.8 Å². The number of para-hydroxylation sites is 1. The van der Waals surface area contributed by atoms with Crippen LogP contribution in [0, 0.1) is 0 Å². The van der Waals surface area contributed by atoms with Crippen LogP contribution >= 0.6 is 0 Å².